The van der Waals surface area contributed by atoms with Gasteiger partial charge in [0.15, 0.2) is 0 Å². The van der Waals surface area contributed by atoms with E-state index >= 15 is 0 Å². The van der Waals surface area contributed by atoms with Crippen LogP contribution in [0.3, 0.4) is 0 Å². The third kappa shape index (κ3) is 1.69. The number of aryl methyl sites for hydroxylation is 1. The topological polar surface area (TPSA) is 59.0 Å². The van der Waals surface area contributed by atoms with Gasteiger partial charge in [0, 0.05) is 12.0 Å². The summed E-state index contributed by atoms with van der Waals surface area (Å²) < 4.78 is 5.29. The molecule has 1 aromatic carbocycles. The molecule has 0 aliphatic heterocycles. The smallest absolute Gasteiger partial charge is 0.122 e. The van der Waals surface area contributed by atoms with Crippen molar-refractivity contribution in [3.63, 3.8) is 0 Å². The highest BCUT2D eigenvalue weighted by molar-refractivity contribution is 5.44. The van der Waals surface area contributed by atoms with Gasteiger partial charge in [-0.05, 0) is 24.5 Å². The summed E-state index contributed by atoms with van der Waals surface area (Å²) in [7, 11) is 1.65. The van der Waals surface area contributed by atoms with E-state index in [4.69, 9.17) is 15.7 Å². The van der Waals surface area contributed by atoms with Crippen LogP contribution in [0.2, 0.25) is 0 Å². The molecule has 1 unspecified atom stereocenters. The Kier molecular flexibility index (Phi) is 2.37. The van der Waals surface area contributed by atoms with E-state index in [0.29, 0.717) is 6.42 Å². The lowest BCUT2D eigenvalue weighted by atomic mass is 9.79. The Morgan fingerprint density at radius 2 is 2.33 bits per heavy atom. The Balaban J connectivity index is 2.44. The minimum absolute atomic E-state index is 0.586. The SMILES string of the molecule is COc1cccc2c1CC(N)(C#N)CC2. The van der Waals surface area contributed by atoms with Gasteiger partial charge in [-0.2, -0.15) is 5.26 Å². The van der Waals surface area contributed by atoms with E-state index < -0.39 is 5.54 Å². The molecule has 3 heteroatoms. The van der Waals surface area contributed by atoms with E-state index in [1.54, 1.807) is 7.11 Å². The number of fused-ring (bicyclic) bond motifs is 1. The van der Waals surface area contributed by atoms with Crippen molar-refractivity contribution >= 4 is 0 Å². The zero-order valence-electron chi connectivity index (χ0n) is 8.79. The Bertz CT molecular complexity index is 408. The molecule has 1 aliphatic carbocycles. The van der Waals surface area contributed by atoms with Crippen molar-refractivity contribution in [1.29, 1.82) is 5.26 Å². The molecule has 78 valence electrons. The molecule has 2 N–H and O–H groups in total. The first kappa shape index (κ1) is 10.0. The molecular formula is C12H14N2O. The van der Waals surface area contributed by atoms with E-state index in [-0.39, 0.29) is 0 Å². The first-order chi connectivity index (χ1) is 7.18. The van der Waals surface area contributed by atoms with Gasteiger partial charge in [-0.15, -0.1) is 0 Å². The Morgan fingerprint density at radius 1 is 1.53 bits per heavy atom. The number of hydrogen-bond acceptors (Lipinski definition) is 3. The quantitative estimate of drug-likeness (QED) is 0.749. The van der Waals surface area contributed by atoms with Crippen LogP contribution in [0.1, 0.15) is 17.5 Å². The number of nitrogens with zero attached hydrogens (tertiary/aromatic N) is 1. The van der Waals surface area contributed by atoms with Crippen LogP contribution in [-0.4, -0.2) is 12.6 Å². The predicted molar refractivity (Wildman–Crippen MR) is 57.6 cm³/mol. The predicted octanol–water partition coefficient (Wildman–Crippen LogP) is 1.40. The number of nitrogens with two attached hydrogens (primary N) is 1. The minimum atomic E-state index is -0.721. The summed E-state index contributed by atoms with van der Waals surface area (Å²) in [6.45, 7) is 0. The maximum absolute atomic E-state index is 9.02. The lowest BCUT2D eigenvalue weighted by molar-refractivity contribution is 0.393. The molecule has 2 rings (SSSR count). The first-order valence-electron chi connectivity index (χ1n) is 5.03. The summed E-state index contributed by atoms with van der Waals surface area (Å²) in [4.78, 5) is 0. The van der Waals surface area contributed by atoms with Crippen LogP contribution < -0.4 is 10.5 Å². The van der Waals surface area contributed by atoms with E-state index in [1.807, 2.05) is 12.1 Å². The third-order valence-corrected chi connectivity index (χ3v) is 3.01. The summed E-state index contributed by atoms with van der Waals surface area (Å²) in [6.07, 6.45) is 2.17. The molecule has 0 saturated heterocycles. The van der Waals surface area contributed by atoms with Crippen LogP contribution in [0, 0.1) is 11.3 Å². The van der Waals surface area contributed by atoms with Gasteiger partial charge in [0.25, 0.3) is 0 Å². The van der Waals surface area contributed by atoms with Crippen molar-refractivity contribution in [3.8, 4) is 11.8 Å². The largest absolute Gasteiger partial charge is 0.496 e. The molecule has 0 fully saturated rings. The van der Waals surface area contributed by atoms with Crippen LogP contribution in [0.25, 0.3) is 0 Å². The molecular weight excluding hydrogens is 188 g/mol. The number of hydrogen-bond donors (Lipinski definition) is 1. The van der Waals surface area contributed by atoms with Gasteiger partial charge in [0.05, 0.1) is 13.2 Å². The lowest BCUT2D eigenvalue weighted by Crippen LogP contribution is -2.43. The molecule has 0 spiro atoms. The fourth-order valence-corrected chi connectivity index (χ4v) is 2.09. The van der Waals surface area contributed by atoms with Crippen molar-refractivity contribution in [2.45, 2.75) is 24.8 Å². The molecule has 0 bridgehead atoms. The van der Waals surface area contributed by atoms with Gasteiger partial charge in [0.1, 0.15) is 11.3 Å². The van der Waals surface area contributed by atoms with E-state index in [2.05, 4.69) is 12.1 Å². The molecule has 0 heterocycles. The number of benzene rings is 1. The highest BCUT2D eigenvalue weighted by Crippen LogP contribution is 2.32. The average Bonchev–Trinajstić information content (AvgIpc) is 2.28. The summed E-state index contributed by atoms with van der Waals surface area (Å²) in [5, 5.41) is 9.02. The number of ether oxygens (including phenoxy) is 1. The van der Waals surface area contributed by atoms with Gasteiger partial charge < -0.3 is 10.5 Å². The van der Waals surface area contributed by atoms with Gasteiger partial charge >= 0.3 is 0 Å². The van der Waals surface area contributed by atoms with Crippen LogP contribution >= 0.6 is 0 Å². The summed E-state index contributed by atoms with van der Waals surface area (Å²) in [6, 6.07) is 8.17. The van der Waals surface area contributed by atoms with E-state index in [9.17, 15) is 0 Å². The summed E-state index contributed by atoms with van der Waals surface area (Å²) in [5.74, 6) is 0.845. The maximum Gasteiger partial charge on any atom is 0.122 e. The fourth-order valence-electron chi connectivity index (χ4n) is 2.09. The normalized spacial score (nSPS) is 24.1. The molecule has 1 aromatic rings. The van der Waals surface area contributed by atoms with Crippen molar-refractivity contribution in [2.24, 2.45) is 5.73 Å². The van der Waals surface area contributed by atoms with Gasteiger partial charge in [0.2, 0.25) is 0 Å². The summed E-state index contributed by atoms with van der Waals surface area (Å²) in [5.41, 5.74) is 7.61. The second-order valence-electron chi connectivity index (χ2n) is 4.04. The first-order valence-corrected chi connectivity index (χ1v) is 5.03. The van der Waals surface area contributed by atoms with E-state index in [0.717, 1.165) is 24.2 Å². The van der Waals surface area contributed by atoms with Gasteiger partial charge in [-0.1, -0.05) is 12.1 Å². The average molecular weight is 202 g/mol. The minimum Gasteiger partial charge on any atom is -0.496 e. The molecule has 1 atom stereocenters. The van der Waals surface area contributed by atoms with Crippen molar-refractivity contribution in [1.82, 2.24) is 0 Å². The Labute approximate surface area is 89.5 Å². The van der Waals surface area contributed by atoms with E-state index in [1.165, 1.54) is 5.56 Å². The highest BCUT2D eigenvalue weighted by atomic mass is 16.5. The van der Waals surface area contributed by atoms with Crippen LogP contribution in [0.4, 0.5) is 0 Å². The second kappa shape index (κ2) is 3.56. The maximum atomic E-state index is 9.02. The molecule has 1 aliphatic rings. The Hall–Kier alpha value is -1.53. The molecule has 15 heavy (non-hydrogen) atoms. The van der Waals surface area contributed by atoms with Gasteiger partial charge in [-0.25, -0.2) is 0 Å². The summed E-state index contributed by atoms with van der Waals surface area (Å²) >= 11 is 0. The molecule has 3 nitrogen and oxygen atoms in total. The number of nitriles is 1. The number of rotatable bonds is 1. The number of methoxy groups -OCH3 is 1. The Morgan fingerprint density at radius 3 is 3.00 bits per heavy atom. The van der Waals surface area contributed by atoms with Crippen LogP contribution in [-0.2, 0) is 12.8 Å². The standard InChI is InChI=1S/C12H14N2O/c1-15-11-4-2-3-9-5-6-12(14,8-13)7-10(9)11/h2-4H,5-7,14H2,1H3. The van der Waals surface area contributed by atoms with Crippen molar-refractivity contribution in [3.05, 3.63) is 29.3 Å². The monoisotopic (exact) mass is 202 g/mol. The molecule has 0 radical (unpaired) electrons. The fraction of sp³-hybridized carbons (Fsp3) is 0.417. The highest BCUT2D eigenvalue weighted by Gasteiger charge is 2.31. The zero-order chi connectivity index (χ0) is 10.9. The zero-order valence-corrected chi connectivity index (χ0v) is 8.79. The lowest BCUT2D eigenvalue weighted by Gasteiger charge is -2.29. The van der Waals surface area contributed by atoms with Crippen molar-refractivity contribution < 1.29 is 4.74 Å². The molecule has 0 saturated carbocycles. The second-order valence-corrected chi connectivity index (χ2v) is 4.04. The molecule has 0 amide bonds. The van der Waals surface area contributed by atoms with Gasteiger partial charge in [-0.3, -0.25) is 0 Å². The van der Waals surface area contributed by atoms with Crippen LogP contribution in [0.15, 0.2) is 18.2 Å². The van der Waals surface area contributed by atoms with Crippen LogP contribution in [0.5, 0.6) is 5.75 Å². The molecule has 0 aromatic heterocycles. The third-order valence-electron chi connectivity index (χ3n) is 3.01. The van der Waals surface area contributed by atoms with Crippen molar-refractivity contribution in [2.75, 3.05) is 7.11 Å².